The number of H-pyrrole nitrogens is 1. The maximum Gasteiger partial charge on any atom is 0.255 e. The third kappa shape index (κ3) is 4.45. The molecule has 2 aliphatic rings. The number of phenolic OH excluding ortho intramolecular Hbond substituents is 1. The second kappa shape index (κ2) is 9.68. The van der Waals surface area contributed by atoms with E-state index >= 15 is 0 Å². The van der Waals surface area contributed by atoms with E-state index in [-0.39, 0.29) is 17.2 Å². The van der Waals surface area contributed by atoms with E-state index in [2.05, 4.69) is 51.4 Å². The number of rotatable bonds is 5. The number of aromatic hydroxyl groups is 1. The van der Waals surface area contributed by atoms with Gasteiger partial charge in [0.25, 0.3) is 5.91 Å². The zero-order valence-electron chi connectivity index (χ0n) is 21.5. The first-order valence-corrected chi connectivity index (χ1v) is 13.0. The summed E-state index contributed by atoms with van der Waals surface area (Å²) in [4.78, 5) is 22.1. The summed E-state index contributed by atoms with van der Waals surface area (Å²) in [6.07, 6.45) is 2.34. The van der Waals surface area contributed by atoms with Crippen LogP contribution < -0.4 is 0 Å². The van der Waals surface area contributed by atoms with Gasteiger partial charge in [0.15, 0.2) is 5.82 Å². The summed E-state index contributed by atoms with van der Waals surface area (Å²) < 4.78 is 14.2. The number of nitrogens with one attached hydrogen (secondary N) is 1. The number of carbonyl (C=O) groups excluding carboxylic acids is 1. The van der Waals surface area contributed by atoms with Crippen LogP contribution in [0.2, 0.25) is 0 Å². The number of nitrogens with zero attached hydrogens (tertiary/aromatic N) is 4. The summed E-state index contributed by atoms with van der Waals surface area (Å²) in [6.45, 7) is 4.30. The average Bonchev–Trinajstić information content (AvgIpc) is 3.49. The maximum absolute atomic E-state index is 14.2. The van der Waals surface area contributed by atoms with Crippen LogP contribution >= 0.6 is 0 Å². The molecule has 194 valence electrons. The van der Waals surface area contributed by atoms with Gasteiger partial charge in [0, 0.05) is 17.7 Å². The molecule has 38 heavy (non-hydrogen) atoms. The molecule has 1 saturated heterocycles. The summed E-state index contributed by atoms with van der Waals surface area (Å²) in [7, 11) is 2.17. The number of aromatic nitrogens is 3. The van der Waals surface area contributed by atoms with E-state index in [4.69, 9.17) is 0 Å². The number of likely N-dealkylation sites (tertiary alicyclic amines) is 1. The van der Waals surface area contributed by atoms with E-state index in [1.165, 1.54) is 36.6 Å². The number of hydrogen-bond donors (Lipinski definition) is 2. The molecule has 2 aliphatic heterocycles. The van der Waals surface area contributed by atoms with Gasteiger partial charge in [-0.15, -0.1) is 0 Å². The fourth-order valence-electron chi connectivity index (χ4n) is 5.67. The minimum absolute atomic E-state index is 0.118. The van der Waals surface area contributed by atoms with Gasteiger partial charge in [-0.1, -0.05) is 36.4 Å². The molecule has 0 bridgehead atoms. The molecule has 0 spiro atoms. The number of benzene rings is 3. The van der Waals surface area contributed by atoms with Crippen molar-refractivity contribution in [3.05, 3.63) is 100 Å². The monoisotopic (exact) mass is 511 g/mol. The van der Waals surface area contributed by atoms with Crippen LogP contribution in [0.4, 0.5) is 4.39 Å². The molecule has 1 amide bonds. The molecule has 1 fully saturated rings. The lowest BCUT2D eigenvalue weighted by molar-refractivity contribution is 0.0723. The van der Waals surface area contributed by atoms with Gasteiger partial charge in [-0.3, -0.25) is 9.89 Å². The Hall–Kier alpha value is -4.04. The van der Waals surface area contributed by atoms with Crippen molar-refractivity contribution in [2.75, 3.05) is 20.1 Å². The van der Waals surface area contributed by atoms with Crippen molar-refractivity contribution in [1.29, 1.82) is 0 Å². The quantitative estimate of drug-likeness (QED) is 0.386. The number of hydrogen-bond acceptors (Lipinski definition) is 5. The van der Waals surface area contributed by atoms with Crippen LogP contribution in [-0.2, 0) is 6.54 Å². The molecular formula is C30H30FN5O2. The highest BCUT2D eigenvalue weighted by Crippen LogP contribution is 2.39. The summed E-state index contributed by atoms with van der Waals surface area (Å²) in [5.74, 6) is 0.621. The van der Waals surface area contributed by atoms with Gasteiger partial charge < -0.3 is 14.9 Å². The highest BCUT2D eigenvalue weighted by molar-refractivity contribution is 6.00. The van der Waals surface area contributed by atoms with Crippen molar-refractivity contribution >= 4 is 5.91 Å². The molecule has 3 heterocycles. The minimum Gasteiger partial charge on any atom is -0.508 e. The molecule has 1 aromatic heterocycles. The molecule has 8 heteroatoms. The summed E-state index contributed by atoms with van der Waals surface area (Å²) in [6, 6.07) is 17.5. The number of aryl methyl sites for hydroxylation is 1. The topological polar surface area (TPSA) is 85.3 Å². The third-order valence-corrected chi connectivity index (χ3v) is 7.83. The molecule has 0 saturated carbocycles. The van der Waals surface area contributed by atoms with Crippen LogP contribution in [0.25, 0.3) is 11.1 Å². The van der Waals surface area contributed by atoms with Gasteiger partial charge >= 0.3 is 0 Å². The molecule has 3 aromatic carbocycles. The predicted molar refractivity (Wildman–Crippen MR) is 142 cm³/mol. The van der Waals surface area contributed by atoms with E-state index in [1.807, 2.05) is 18.2 Å². The molecule has 1 unspecified atom stereocenters. The number of piperidine rings is 1. The predicted octanol–water partition coefficient (Wildman–Crippen LogP) is 5.18. The van der Waals surface area contributed by atoms with Crippen molar-refractivity contribution in [3.63, 3.8) is 0 Å². The van der Waals surface area contributed by atoms with Crippen molar-refractivity contribution in [2.45, 2.75) is 38.3 Å². The fourth-order valence-corrected chi connectivity index (χ4v) is 5.67. The van der Waals surface area contributed by atoms with Crippen LogP contribution in [-0.4, -0.2) is 56.1 Å². The molecule has 4 aromatic rings. The summed E-state index contributed by atoms with van der Waals surface area (Å²) in [5, 5.41) is 17.6. The first-order chi connectivity index (χ1) is 18.4. The number of carbonyl (C=O) groups is 1. The molecule has 0 radical (unpaired) electrons. The van der Waals surface area contributed by atoms with Gasteiger partial charge in [0.1, 0.15) is 23.4 Å². The number of amides is 1. The highest BCUT2D eigenvalue weighted by Gasteiger charge is 2.38. The van der Waals surface area contributed by atoms with Gasteiger partial charge in [-0.2, -0.15) is 5.10 Å². The van der Waals surface area contributed by atoms with Crippen LogP contribution in [0, 0.1) is 12.7 Å². The number of phenols is 1. The van der Waals surface area contributed by atoms with Gasteiger partial charge in [0.2, 0.25) is 0 Å². The zero-order chi connectivity index (χ0) is 26.4. The lowest BCUT2D eigenvalue weighted by Gasteiger charge is -2.29. The normalized spacial score (nSPS) is 17.1. The van der Waals surface area contributed by atoms with Crippen molar-refractivity contribution in [1.82, 2.24) is 25.0 Å². The number of aromatic amines is 1. The Morgan fingerprint density at radius 1 is 1.03 bits per heavy atom. The SMILES string of the molecule is Cc1nc(C(c2cc(F)ccc2O)N2Cc3ccc(-c4ccc(C5CCN(C)CC5)cc4)cc3C2=O)n[nH]1. The van der Waals surface area contributed by atoms with Crippen molar-refractivity contribution in [3.8, 4) is 16.9 Å². The van der Waals surface area contributed by atoms with Crippen LogP contribution in [0.1, 0.15) is 63.5 Å². The average molecular weight is 512 g/mol. The molecule has 1 atom stereocenters. The van der Waals surface area contributed by atoms with E-state index in [0.717, 1.165) is 29.8 Å². The van der Waals surface area contributed by atoms with E-state index in [9.17, 15) is 14.3 Å². The molecule has 6 rings (SSSR count). The van der Waals surface area contributed by atoms with E-state index < -0.39 is 11.9 Å². The number of fused-ring (bicyclic) bond motifs is 1. The van der Waals surface area contributed by atoms with Gasteiger partial charge in [-0.25, -0.2) is 9.37 Å². The lowest BCUT2D eigenvalue weighted by Crippen LogP contribution is -2.31. The molecule has 7 nitrogen and oxygen atoms in total. The van der Waals surface area contributed by atoms with Gasteiger partial charge in [0.05, 0.1) is 0 Å². The Morgan fingerprint density at radius 2 is 1.76 bits per heavy atom. The largest absolute Gasteiger partial charge is 0.508 e. The minimum atomic E-state index is -0.840. The lowest BCUT2D eigenvalue weighted by atomic mass is 9.88. The van der Waals surface area contributed by atoms with Gasteiger partial charge in [-0.05, 0) is 92.3 Å². The Kier molecular flexibility index (Phi) is 6.19. The fraction of sp³-hybridized carbons (Fsp3) is 0.300. The Balaban J connectivity index is 1.30. The Labute approximate surface area is 220 Å². The maximum atomic E-state index is 14.2. The molecular weight excluding hydrogens is 481 g/mol. The van der Waals surface area contributed by atoms with Crippen LogP contribution in [0.15, 0.2) is 60.7 Å². The Morgan fingerprint density at radius 3 is 2.47 bits per heavy atom. The first-order valence-electron chi connectivity index (χ1n) is 13.0. The standard InChI is InChI=1S/C30H30FN5O2/c1-18-32-29(34-33-18)28(26-16-24(31)9-10-27(26)37)36-17-23-8-7-22(15-25(23)30(36)38)20-5-3-19(4-6-20)21-11-13-35(2)14-12-21/h3-10,15-16,21,28,37H,11-14,17H2,1-2H3,(H,32,33,34). The zero-order valence-corrected chi connectivity index (χ0v) is 21.5. The third-order valence-electron chi connectivity index (χ3n) is 7.83. The second-order valence-electron chi connectivity index (χ2n) is 10.4. The Bertz CT molecular complexity index is 1490. The smallest absolute Gasteiger partial charge is 0.255 e. The van der Waals surface area contributed by atoms with E-state index in [1.54, 1.807) is 11.8 Å². The van der Waals surface area contributed by atoms with Crippen LogP contribution in [0.3, 0.4) is 0 Å². The summed E-state index contributed by atoms with van der Waals surface area (Å²) >= 11 is 0. The molecule has 2 N–H and O–H groups in total. The molecule has 0 aliphatic carbocycles. The van der Waals surface area contributed by atoms with E-state index in [0.29, 0.717) is 29.7 Å². The second-order valence-corrected chi connectivity index (χ2v) is 10.4. The first kappa shape index (κ1) is 24.3. The number of halogens is 1. The van der Waals surface area contributed by atoms with Crippen molar-refractivity contribution < 1.29 is 14.3 Å². The van der Waals surface area contributed by atoms with Crippen molar-refractivity contribution in [2.24, 2.45) is 0 Å². The van der Waals surface area contributed by atoms with Crippen LogP contribution in [0.5, 0.6) is 5.75 Å². The highest BCUT2D eigenvalue weighted by atomic mass is 19.1. The summed E-state index contributed by atoms with van der Waals surface area (Å²) in [5.41, 5.74) is 5.09.